The second kappa shape index (κ2) is 10.1. The molecule has 1 aliphatic carbocycles. The first kappa shape index (κ1) is 21.6. The molecule has 8 heteroatoms. The van der Waals surface area contributed by atoms with Crippen LogP contribution in [0.3, 0.4) is 0 Å². The Morgan fingerprint density at radius 2 is 2.00 bits per heavy atom. The smallest absolute Gasteiger partial charge is 0.233 e. The van der Waals surface area contributed by atoms with E-state index < -0.39 is 11.1 Å². The first-order valence-corrected chi connectivity index (χ1v) is 12.1. The van der Waals surface area contributed by atoms with Crippen molar-refractivity contribution in [3.05, 3.63) is 56.6 Å². The predicted molar refractivity (Wildman–Crippen MR) is 118 cm³/mol. The molecule has 0 radical (unpaired) electrons. The number of carbonyl (C=O) groups is 1. The summed E-state index contributed by atoms with van der Waals surface area (Å²) >= 11 is 4.93. The molecule has 2 atom stereocenters. The minimum atomic E-state index is -1.91. The van der Waals surface area contributed by atoms with Gasteiger partial charge in [0, 0.05) is 15.1 Å². The topological polar surface area (TPSA) is 79.3 Å². The SMILES string of the molecule is O=C(Nc1ccc(Br)cn1)C(CC1CCCC1)c1ccc(CS(=O)O)c(Br)c1. The molecule has 3 rings (SSSR count). The van der Waals surface area contributed by atoms with E-state index in [0.29, 0.717) is 11.7 Å². The average Bonchev–Trinajstić information content (AvgIpc) is 3.16. The van der Waals surface area contributed by atoms with E-state index in [1.54, 1.807) is 12.3 Å². The Labute approximate surface area is 184 Å². The van der Waals surface area contributed by atoms with E-state index in [-0.39, 0.29) is 17.6 Å². The molecule has 28 heavy (non-hydrogen) atoms. The van der Waals surface area contributed by atoms with E-state index in [4.69, 9.17) is 4.55 Å². The Morgan fingerprint density at radius 3 is 2.61 bits per heavy atom. The van der Waals surface area contributed by atoms with Crippen LogP contribution in [0.2, 0.25) is 0 Å². The van der Waals surface area contributed by atoms with Gasteiger partial charge in [-0.25, -0.2) is 9.19 Å². The van der Waals surface area contributed by atoms with Gasteiger partial charge in [0.2, 0.25) is 5.91 Å². The largest absolute Gasteiger partial charge is 0.310 e. The van der Waals surface area contributed by atoms with Crippen molar-refractivity contribution in [2.24, 2.45) is 5.92 Å². The monoisotopic (exact) mass is 528 g/mol. The van der Waals surface area contributed by atoms with Crippen molar-refractivity contribution in [1.82, 2.24) is 4.98 Å². The van der Waals surface area contributed by atoms with E-state index in [2.05, 4.69) is 42.2 Å². The lowest BCUT2D eigenvalue weighted by atomic mass is 9.87. The van der Waals surface area contributed by atoms with E-state index >= 15 is 0 Å². The van der Waals surface area contributed by atoms with Gasteiger partial charge < -0.3 is 9.87 Å². The third-order valence-corrected chi connectivity index (χ3v) is 6.86. The summed E-state index contributed by atoms with van der Waals surface area (Å²) in [5.41, 5.74) is 1.65. The van der Waals surface area contributed by atoms with Gasteiger partial charge in [0.05, 0.1) is 11.7 Å². The number of amides is 1. The predicted octanol–water partition coefficient (Wildman–Crippen LogP) is 5.63. The van der Waals surface area contributed by atoms with Gasteiger partial charge in [-0.05, 0) is 57.6 Å². The van der Waals surface area contributed by atoms with Crippen LogP contribution in [-0.2, 0) is 21.6 Å². The second-order valence-electron chi connectivity index (χ2n) is 7.11. The summed E-state index contributed by atoms with van der Waals surface area (Å²) in [6.07, 6.45) is 7.20. The number of rotatable bonds is 7. The van der Waals surface area contributed by atoms with Gasteiger partial charge >= 0.3 is 0 Å². The first-order chi connectivity index (χ1) is 13.4. The highest BCUT2D eigenvalue weighted by Gasteiger charge is 2.27. The highest BCUT2D eigenvalue weighted by atomic mass is 79.9. The summed E-state index contributed by atoms with van der Waals surface area (Å²) in [4.78, 5) is 17.3. The fraction of sp³-hybridized carbons (Fsp3) is 0.400. The van der Waals surface area contributed by atoms with Crippen molar-refractivity contribution in [2.45, 2.75) is 43.8 Å². The molecule has 1 aromatic heterocycles. The maximum Gasteiger partial charge on any atom is 0.233 e. The molecule has 1 aromatic carbocycles. The number of hydrogen-bond donors (Lipinski definition) is 2. The summed E-state index contributed by atoms with van der Waals surface area (Å²) in [7, 11) is 0. The lowest BCUT2D eigenvalue weighted by molar-refractivity contribution is -0.118. The normalized spacial score (nSPS) is 16.7. The Bertz CT molecular complexity index is 855. The van der Waals surface area contributed by atoms with E-state index in [1.807, 2.05) is 24.3 Å². The van der Waals surface area contributed by atoms with E-state index in [9.17, 15) is 9.00 Å². The Kier molecular flexibility index (Phi) is 7.79. The third-order valence-electron chi connectivity index (χ3n) is 5.10. The van der Waals surface area contributed by atoms with Gasteiger partial charge in [0.15, 0.2) is 11.1 Å². The minimum Gasteiger partial charge on any atom is -0.310 e. The first-order valence-electron chi connectivity index (χ1n) is 9.20. The van der Waals surface area contributed by atoms with Gasteiger partial charge in [0.1, 0.15) is 5.82 Å². The van der Waals surface area contributed by atoms with Crippen LogP contribution in [0.4, 0.5) is 5.82 Å². The number of anilines is 1. The molecule has 5 nitrogen and oxygen atoms in total. The van der Waals surface area contributed by atoms with Crippen molar-refractivity contribution in [3.63, 3.8) is 0 Å². The quantitative estimate of drug-likeness (QED) is 0.455. The maximum absolute atomic E-state index is 13.1. The Hall–Kier alpha value is -1.09. The minimum absolute atomic E-state index is 0.0587. The van der Waals surface area contributed by atoms with Crippen LogP contribution in [0, 0.1) is 5.92 Å². The molecule has 2 aromatic rings. The lowest BCUT2D eigenvalue weighted by Gasteiger charge is -2.21. The number of nitrogens with one attached hydrogen (secondary N) is 1. The summed E-state index contributed by atoms with van der Waals surface area (Å²) in [5, 5.41) is 2.93. The van der Waals surface area contributed by atoms with Gasteiger partial charge in [-0.3, -0.25) is 4.79 Å². The number of halogens is 2. The van der Waals surface area contributed by atoms with E-state index in [0.717, 1.165) is 39.3 Å². The van der Waals surface area contributed by atoms with E-state index in [1.165, 1.54) is 12.8 Å². The molecular weight excluding hydrogens is 508 g/mol. The van der Waals surface area contributed by atoms with Crippen molar-refractivity contribution in [1.29, 1.82) is 0 Å². The average molecular weight is 530 g/mol. The fourth-order valence-electron chi connectivity index (χ4n) is 3.67. The molecule has 1 aliphatic rings. The lowest BCUT2D eigenvalue weighted by Crippen LogP contribution is -2.23. The summed E-state index contributed by atoms with van der Waals surface area (Å²) in [6, 6.07) is 9.22. The standard InChI is InChI=1S/C20H22Br2N2O3S/c21-16-7-8-19(23-11-16)24-20(25)17(9-13-3-1-2-4-13)14-5-6-15(12-28(26)27)18(22)10-14/h5-8,10-11,13,17H,1-4,9,12H2,(H,26,27)(H,23,24,25). The number of aromatic nitrogens is 1. The van der Waals surface area contributed by atoms with Crippen molar-refractivity contribution >= 4 is 54.7 Å². The molecule has 1 saturated carbocycles. The number of carbonyl (C=O) groups excluding carboxylic acids is 1. The zero-order chi connectivity index (χ0) is 20.1. The zero-order valence-corrected chi connectivity index (χ0v) is 19.2. The molecule has 1 heterocycles. The summed E-state index contributed by atoms with van der Waals surface area (Å²) in [5.74, 6) is 0.752. The zero-order valence-electron chi connectivity index (χ0n) is 15.2. The molecule has 0 bridgehead atoms. The second-order valence-corrected chi connectivity index (χ2v) is 9.81. The maximum atomic E-state index is 13.1. The van der Waals surface area contributed by atoms with Crippen LogP contribution in [0.15, 0.2) is 45.5 Å². The molecule has 0 spiro atoms. The Morgan fingerprint density at radius 1 is 1.25 bits per heavy atom. The fourth-order valence-corrected chi connectivity index (χ4v) is 5.14. The van der Waals surface area contributed by atoms with Gasteiger partial charge in [-0.15, -0.1) is 0 Å². The molecule has 2 N–H and O–H groups in total. The van der Waals surface area contributed by atoms with Crippen molar-refractivity contribution < 1.29 is 13.6 Å². The van der Waals surface area contributed by atoms with Crippen LogP contribution in [0.5, 0.6) is 0 Å². The van der Waals surface area contributed by atoms with Crippen molar-refractivity contribution in [2.75, 3.05) is 5.32 Å². The number of benzene rings is 1. The molecule has 0 saturated heterocycles. The molecule has 1 amide bonds. The van der Waals surface area contributed by atoms with Gasteiger partial charge in [0.25, 0.3) is 0 Å². The van der Waals surface area contributed by atoms with Gasteiger partial charge in [-0.1, -0.05) is 53.7 Å². The molecule has 2 unspecified atom stereocenters. The van der Waals surface area contributed by atoms with Crippen molar-refractivity contribution in [3.8, 4) is 0 Å². The van der Waals surface area contributed by atoms with Crippen LogP contribution in [0.1, 0.15) is 49.1 Å². The number of hydrogen-bond acceptors (Lipinski definition) is 3. The number of nitrogens with zero attached hydrogens (tertiary/aromatic N) is 1. The van der Waals surface area contributed by atoms with Crippen LogP contribution in [0.25, 0.3) is 0 Å². The highest BCUT2D eigenvalue weighted by Crippen LogP contribution is 2.36. The molecule has 1 fully saturated rings. The highest BCUT2D eigenvalue weighted by molar-refractivity contribution is 9.10. The Balaban J connectivity index is 1.83. The third kappa shape index (κ3) is 5.95. The molecule has 150 valence electrons. The van der Waals surface area contributed by atoms with Crippen LogP contribution in [-0.4, -0.2) is 19.7 Å². The summed E-state index contributed by atoms with van der Waals surface area (Å²) < 4.78 is 21.9. The molecule has 0 aliphatic heterocycles. The molecular formula is C20H22Br2N2O3S. The number of pyridine rings is 1. The van der Waals surface area contributed by atoms with Crippen LogP contribution < -0.4 is 5.32 Å². The van der Waals surface area contributed by atoms with Gasteiger partial charge in [-0.2, -0.15) is 0 Å². The van der Waals surface area contributed by atoms with Crippen LogP contribution >= 0.6 is 31.9 Å². The summed E-state index contributed by atoms with van der Waals surface area (Å²) in [6.45, 7) is 0.